The topological polar surface area (TPSA) is 50.7 Å². The van der Waals surface area contributed by atoms with Crippen LogP contribution in [0.5, 0.6) is 0 Å². The Morgan fingerprint density at radius 2 is 2.00 bits per heavy atom. The first kappa shape index (κ1) is 27.2. The van der Waals surface area contributed by atoms with Crippen molar-refractivity contribution in [2.75, 3.05) is 0 Å². The Morgan fingerprint density at radius 3 is 2.45 bits per heavy atom. The van der Waals surface area contributed by atoms with Gasteiger partial charge >= 0.3 is 0 Å². The van der Waals surface area contributed by atoms with E-state index in [1.807, 2.05) is 31.2 Å². The van der Waals surface area contributed by atoms with Crippen LogP contribution in [0.1, 0.15) is 85.1 Å². The first-order valence-corrected chi connectivity index (χ1v) is 11.0. The second kappa shape index (κ2) is 17.1. The number of ketones is 1. The molecule has 29 heavy (non-hydrogen) atoms. The highest BCUT2D eigenvalue weighted by atomic mass is 35.5. The first-order valence-electron chi connectivity index (χ1n) is 10.6. The fraction of sp³-hybridized carbons (Fsp3) is 0.583. The lowest BCUT2D eigenvalue weighted by atomic mass is 9.98. The summed E-state index contributed by atoms with van der Waals surface area (Å²) >= 11 is 5.99. The normalized spacial score (nSPS) is 15.5. The number of carbonyl (C=O) groups excluding carboxylic acids is 1. The molecular weight excluding hydrogens is 384 g/mol. The predicted octanol–water partition coefficient (Wildman–Crippen LogP) is 6.57. The molecule has 0 aromatic heterocycles. The highest BCUT2D eigenvalue weighted by Crippen LogP contribution is 2.23. The third-order valence-corrected chi connectivity index (χ3v) is 4.61. The van der Waals surface area contributed by atoms with Gasteiger partial charge in [0.15, 0.2) is 12.1 Å². The Morgan fingerprint density at radius 1 is 1.31 bits per heavy atom. The van der Waals surface area contributed by atoms with E-state index in [1.165, 1.54) is 12.8 Å². The number of hydrogen-bond donors (Lipinski definition) is 1. The molecule has 0 radical (unpaired) electrons. The van der Waals surface area contributed by atoms with E-state index in [-0.39, 0.29) is 12.0 Å². The number of hydrogen-bond acceptors (Lipinski definition) is 4. The van der Waals surface area contributed by atoms with Gasteiger partial charge in [-0.1, -0.05) is 64.3 Å². The van der Waals surface area contributed by atoms with Crippen LogP contribution in [0.15, 0.2) is 29.3 Å². The molecule has 1 aromatic rings. The summed E-state index contributed by atoms with van der Waals surface area (Å²) in [6.07, 6.45) is 12.2. The van der Waals surface area contributed by atoms with Crippen LogP contribution in [-0.4, -0.2) is 17.8 Å². The molecule has 5 heteroatoms. The van der Waals surface area contributed by atoms with Crippen LogP contribution in [0.25, 0.3) is 0 Å². The van der Waals surface area contributed by atoms with Crippen molar-refractivity contribution in [2.24, 2.45) is 10.9 Å². The number of Topliss-reactive ketones (excluding diaryl/α,β-unsaturated/α-hetero) is 1. The Bertz CT molecular complexity index is 653. The maximum Gasteiger partial charge on any atom is 0.180 e. The number of amidine groups is 1. The standard InChI is InChI=1S/C15H21ClN2O.C5H8.C4H8O/c1-3-5-7-11(4-2)15-17-14(18-19-15)12-8-6-9-13(16)10-12;1-3-5-4-2;1-3-4(2)5/h6,8-11,15H,3-5,7H2,1-2H3,(H,17,18);1H,4-5H2,2H3;3H2,1-2H3. The number of hydroxylamine groups is 1. The SMILES string of the molecule is C#CCCC.CCC(C)=O.CCCCC(CC)C1N=C(c2cccc(Cl)c2)NO1. The van der Waals surface area contributed by atoms with E-state index in [1.54, 1.807) is 6.92 Å². The van der Waals surface area contributed by atoms with Crippen molar-refractivity contribution < 1.29 is 9.63 Å². The average molecular weight is 421 g/mol. The molecule has 1 aliphatic rings. The molecule has 1 aliphatic heterocycles. The molecule has 0 aliphatic carbocycles. The van der Waals surface area contributed by atoms with Crippen LogP contribution in [-0.2, 0) is 9.63 Å². The number of carbonyl (C=O) groups is 1. The molecule has 4 nitrogen and oxygen atoms in total. The van der Waals surface area contributed by atoms with Crippen molar-refractivity contribution in [1.29, 1.82) is 0 Å². The number of unbranched alkanes of at least 4 members (excludes halogenated alkanes) is 2. The van der Waals surface area contributed by atoms with E-state index in [2.05, 4.69) is 37.2 Å². The zero-order chi connectivity index (χ0) is 22.1. The lowest BCUT2D eigenvalue weighted by Gasteiger charge is -2.17. The van der Waals surface area contributed by atoms with Gasteiger partial charge in [-0.25, -0.2) is 15.3 Å². The number of terminal acetylenes is 1. The monoisotopic (exact) mass is 420 g/mol. The van der Waals surface area contributed by atoms with Gasteiger partial charge in [0.1, 0.15) is 5.78 Å². The Hall–Kier alpha value is -1.83. The van der Waals surface area contributed by atoms with E-state index in [0.717, 1.165) is 37.1 Å². The van der Waals surface area contributed by atoms with Gasteiger partial charge in [-0.2, -0.15) is 0 Å². The maximum absolute atomic E-state index is 9.81. The van der Waals surface area contributed by atoms with Gasteiger partial charge in [-0.05, 0) is 38.3 Å². The predicted molar refractivity (Wildman–Crippen MR) is 124 cm³/mol. The molecule has 0 saturated carbocycles. The average Bonchev–Trinajstić information content (AvgIpc) is 3.20. The van der Waals surface area contributed by atoms with E-state index in [0.29, 0.717) is 17.4 Å². The Labute approximate surface area is 182 Å². The highest BCUT2D eigenvalue weighted by Gasteiger charge is 2.26. The number of nitrogens with one attached hydrogen (secondary N) is 1. The summed E-state index contributed by atoms with van der Waals surface area (Å²) in [5.41, 5.74) is 3.91. The van der Waals surface area contributed by atoms with Crippen LogP contribution in [0.3, 0.4) is 0 Å². The van der Waals surface area contributed by atoms with Crippen molar-refractivity contribution in [2.45, 2.75) is 85.8 Å². The van der Waals surface area contributed by atoms with Crippen molar-refractivity contribution in [1.82, 2.24) is 5.48 Å². The van der Waals surface area contributed by atoms with Gasteiger partial charge in [0.2, 0.25) is 0 Å². The molecule has 0 amide bonds. The van der Waals surface area contributed by atoms with E-state index in [4.69, 9.17) is 22.9 Å². The van der Waals surface area contributed by atoms with Gasteiger partial charge in [0, 0.05) is 29.3 Å². The summed E-state index contributed by atoms with van der Waals surface area (Å²) in [6.45, 7) is 9.90. The quantitative estimate of drug-likeness (QED) is 0.484. The zero-order valence-electron chi connectivity index (χ0n) is 18.6. The summed E-state index contributed by atoms with van der Waals surface area (Å²) in [7, 11) is 0. The molecule has 1 aromatic carbocycles. The molecule has 0 saturated heterocycles. The van der Waals surface area contributed by atoms with Crippen LogP contribution < -0.4 is 5.48 Å². The van der Waals surface area contributed by atoms with Crippen LogP contribution in [0.2, 0.25) is 5.02 Å². The summed E-state index contributed by atoms with van der Waals surface area (Å²) < 4.78 is 0. The minimum absolute atomic E-state index is 0.0782. The molecule has 0 bridgehead atoms. The van der Waals surface area contributed by atoms with Crippen LogP contribution in [0.4, 0.5) is 0 Å². The van der Waals surface area contributed by atoms with Crippen molar-refractivity contribution in [3.05, 3.63) is 34.9 Å². The van der Waals surface area contributed by atoms with Gasteiger partial charge in [-0.15, -0.1) is 12.3 Å². The lowest BCUT2D eigenvalue weighted by molar-refractivity contribution is -0.116. The zero-order valence-corrected chi connectivity index (χ0v) is 19.4. The molecule has 2 rings (SSSR count). The fourth-order valence-electron chi connectivity index (χ4n) is 2.43. The molecule has 0 spiro atoms. The van der Waals surface area contributed by atoms with E-state index >= 15 is 0 Å². The second-order valence-electron chi connectivity index (χ2n) is 6.92. The van der Waals surface area contributed by atoms with E-state index in [9.17, 15) is 4.79 Å². The molecule has 2 atom stereocenters. The molecular formula is C24H37ClN2O2. The van der Waals surface area contributed by atoms with Crippen LogP contribution >= 0.6 is 11.6 Å². The molecule has 0 fully saturated rings. The molecule has 1 heterocycles. The largest absolute Gasteiger partial charge is 0.300 e. The third kappa shape index (κ3) is 12.4. The number of aliphatic imine (C=N–C) groups is 1. The van der Waals surface area contributed by atoms with Gasteiger partial charge in [0.25, 0.3) is 0 Å². The Balaban J connectivity index is 0.000000653. The second-order valence-corrected chi connectivity index (χ2v) is 7.36. The molecule has 162 valence electrons. The minimum Gasteiger partial charge on any atom is -0.300 e. The first-order chi connectivity index (χ1) is 13.9. The summed E-state index contributed by atoms with van der Waals surface area (Å²) in [5, 5.41) is 0.712. The van der Waals surface area contributed by atoms with Crippen molar-refractivity contribution in [3.63, 3.8) is 0 Å². The maximum atomic E-state index is 9.81. The Kier molecular flexibility index (Phi) is 16.0. The van der Waals surface area contributed by atoms with Crippen molar-refractivity contribution >= 4 is 23.2 Å². The fourth-order valence-corrected chi connectivity index (χ4v) is 2.62. The number of halogens is 1. The molecule has 2 unspecified atom stereocenters. The van der Waals surface area contributed by atoms with Crippen LogP contribution in [0, 0.1) is 18.3 Å². The van der Waals surface area contributed by atoms with Gasteiger partial charge < -0.3 is 4.79 Å². The summed E-state index contributed by atoms with van der Waals surface area (Å²) in [6, 6.07) is 7.65. The third-order valence-electron chi connectivity index (χ3n) is 4.38. The number of benzene rings is 1. The van der Waals surface area contributed by atoms with E-state index < -0.39 is 0 Å². The number of rotatable bonds is 8. The number of nitrogens with zero attached hydrogens (tertiary/aromatic N) is 1. The molecule has 1 N–H and O–H groups in total. The smallest absolute Gasteiger partial charge is 0.180 e. The van der Waals surface area contributed by atoms with Gasteiger partial charge in [-0.3, -0.25) is 0 Å². The minimum atomic E-state index is -0.0782. The lowest BCUT2D eigenvalue weighted by Crippen LogP contribution is -2.23. The summed E-state index contributed by atoms with van der Waals surface area (Å²) in [4.78, 5) is 20.1. The van der Waals surface area contributed by atoms with Crippen molar-refractivity contribution in [3.8, 4) is 12.3 Å². The summed E-state index contributed by atoms with van der Waals surface area (Å²) in [5.74, 6) is 4.03. The van der Waals surface area contributed by atoms with Gasteiger partial charge in [0.05, 0.1) is 0 Å². The highest BCUT2D eigenvalue weighted by molar-refractivity contribution is 6.31.